The molecule has 0 bridgehead atoms. The normalized spacial score (nSPS) is 25.9. The van der Waals surface area contributed by atoms with Crippen molar-refractivity contribution in [3.05, 3.63) is 23.5 Å². The average Bonchev–Trinajstić information content (AvgIpc) is 3.18. The van der Waals surface area contributed by atoms with Gasteiger partial charge in [-0.25, -0.2) is 9.18 Å². The molecule has 0 saturated carbocycles. The Bertz CT molecular complexity index is 849. The minimum atomic E-state index is -4.27. The number of aryl methyl sites for hydroxylation is 1. The molecule has 172 valence electrons. The number of hydrogen-bond donors (Lipinski definition) is 1. The fraction of sp³-hybridized carbons (Fsp3) is 0.667. The number of hydrogen-bond acceptors (Lipinski definition) is 3. The van der Waals surface area contributed by atoms with Crippen molar-refractivity contribution in [2.75, 3.05) is 18.4 Å². The van der Waals surface area contributed by atoms with Gasteiger partial charge in [0.25, 0.3) is 0 Å². The number of likely N-dealkylation sites (tertiary alicyclic amines) is 1. The first-order chi connectivity index (χ1) is 14.2. The molecular formula is C21H29BF4N2O3. The Morgan fingerprint density at radius 2 is 1.97 bits per heavy atom. The van der Waals surface area contributed by atoms with Crippen LogP contribution in [0.4, 0.5) is 28.0 Å². The molecule has 1 aromatic carbocycles. The van der Waals surface area contributed by atoms with E-state index in [9.17, 15) is 22.4 Å². The molecule has 31 heavy (non-hydrogen) atoms. The van der Waals surface area contributed by atoms with Crippen molar-refractivity contribution >= 4 is 24.3 Å². The lowest BCUT2D eigenvalue weighted by atomic mass is 9.76. The monoisotopic (exact) mass is 444 g/mol. The molecule has 2 fully saturated rings. The van der Waals surface area contributed by atoms with Gasteiger partial charge in [0.05, 0.1) is 16.9 Å². The van der Waals surface area contributed by atoms with E-state index in [2.05, 4.69) is 5.32 Å². The molecule has 2 heterocycles. The van der Waals surface area contributed by atoms with E-state index in [1.807, 2.05) is 27.7 Å². The molecule has 0 aliphatic carbocycles. The fourth-order valence-electron chi connectivity index (χ4n) is 4.17. The van der Waals surface area contributed by atoms with Crippen LogP contribution in [0.2, 0.25) is 0 Å². The van der Waals surface area contributed by atoms with Crippen LogP contribution >= 0.6 is 0 Å². The van der Waals surface area contributed by atoms with Gasteiger partial charge in [0.15, 0.2) is 0 Å². The van der Waals surface area contributed by atoms with Crippen molar-refractivity contribution in [1.29, 1.82) is 0 Å². The number of alkyl halides is 3. The van der Waals surface area contributed by atoms with E-state index in [-0.39, 0.29) is 25.2 Å². The Balaban J connectivity index is 1.74. The first-order valence-corrected chi connectivity index (χ1v) is 10.5. The van der Waals surface area contributed by atoms with Crippen LogP contribution in [0.3, 0.4) is 0 Å². The fourth-order valence-corrected chi connectivity index (χ4v) is 4.17. The molecule has 0 radical (unpaired) electrons. The maximum atomic E-state index is 14.6. The van der Waals surface area contributed by atoms with Crippen molar-refractivity contribution in [1.82, 2.24) is 4.90 Å². The SMILES string of the molecule is CCC1(C)OB(c2cc(NC(=O)N3CC[C@@H](CC(F)(F)F)C3)c(F)cc2C)OC1(C)C. The number of benzene rings is 1. The molecule has 2 aliphatic heterocycles. The van der Waals surface area contributed by atoms with Crippen molar-refractivity contribution in [2.24, 2.45) is 5.92 Å². The van der Waals surface area contributed by atoms with Gasteiger partial charge in [0.1, 0.15) is 5.82 Å². The zero-order valence-corrected chi connectivity index (χ0v) is 18.5. The summed E-state index contributed by atoms with van der Waals surface area (Å²) in [5, 5.41) is 2.50. The highest BCUT2D eigenvalue weighted by Gasteiger charge is 2.54. The van der Waals surface area contributed by atoms with E-state index in [4.69, 9.17) is 9.31 Å². The second kappa shape index (κ2) is 8.28. The number of amides is 2. The third kappa shape index (κ3) is 5.00. The Kier molecular flexibility index (Phi) is 6.37. The van der Waals surface area contributed by atoms with Crippen LogP contribution < -0.4 is 10.8 Å². The summed E-state index contributed by atoms with van der Waals surface area (Å²) >= 11 is 0. The van der Waals surface area contributed by atoms with E-state index in [1.165, 1.54) is 17.0 Å². The molecular weight excluding hydrogens is 415 g/mol. The predicted molar refractivity (Wildman–Crippen MR) is 111 cm³/mol. The third-order valence-corrected chi connectivity index (χ3v) is 6.66. The molecule has 1 N–H and O–H groups in total. The highest BCUT2D eigenvalue weighted by molar-refractivity contribution is 6.62. The molecule has 2 amide bonds. The lowest BCUT2D eigenvalue weighted by molar-refractivity contribution is -0.143. The highest BCUT2D eigenvalue weighted by atomic mass is 19.4. The first-order valence-electron chi connectivity index (χ1n) is 10.5. The molecule has 2 atom stereocenters. The van der Waals surface area contributed by atoms with Gasteiger partial charge in [-0.2, -0.15) is 13.2 Å². The van der Waals surface area contributed by atoms with Gasteiger partial charge >= 0.3 is 19.3 Å². The third-order valence-electron chi connectivity index (χ3n) is 6.66. The van der Waals surface area contributed by atoms with Gasteiger partial charge in [-0.15, -0.1) is 0 Å². The van der Waals surface area contributed by atoms with Gasteiger partial charge in [-0.05, 0) is 69.6 Å². The number of carbonyl (C=O) groups excluding carboxylic acids is 1. The summed E-state index contributed by atoms with van der Waals surface area (Å²) in [6, 6.07) is 2.15. The standard InChI is InChI=1S/C21H29BF4N2O3/c1-6-20(5)19(3,4)30-22(31-20)15-10-17(16(23)9-13(15)2)27-18(29)28-8-7-14(12-28)11-21(24,25)26/h9-10,14H,6-8,11-12H2,1-5H3,(H,27,29)/t14-,20?/m0/s1. The van der Waals surface area contributed by atoms with Crippen LogP contribution in [0.5, 0.6) is 0 Å². The summed E-state index contributed by atoms with van der Waals surface area (Å²) in [6.45, 7) is 9.74. The molecule has 2 saturated heterocycles. The summed E-state index contributed by atoms with van der Waals surface area (Å²) in [7, 11) is -0.723. The van der Waals surface area contributed by atoms with Crippen molar-refractivity contribution in [3.63, 3.8) is 0 Å². The zero-order chi connectivity index (χ0) is 23.2. The lowest BCUT2D eigenvalue weighted by Crippen LogP contribution is -2.44. The van der Waals surface area contributed by atoms with E-state index in [1.54, 1.807) is 6.92 Å². The van der Waals surface area contributed by atoms with Crippen LogP contribution in [-0.4, -0.2) is 48.5 Å². The number of rotatable bonds is 4. The topological polar surface area (TPSA) is 50.8 Å². The van der Waals surface area contributed by atoms with Crippen LogP contribution in [0.25, 0.3) is 0 Å². The molecule has 5 nitrogen and oxygen atoms in total. The molecule has 3 rings (SSSR count). The quantitative estimate of drug-likeness (QED) is 0.545. The number of urea groups is 1. The van der Waals surface area contributed by atoms with E-state index >= 15 is 0 Å². The smallest absolute Gasteiger partial charge is 0.399 e. The summed E-state index contributed by atoms with van der Waals surface area (Å²) in [6.07, 6.45) is -4.21. The van der Waals surface area contributed by atoms with E-state index < -0.39 is 48.7 Å². The second-order valence-corrected chi connectivity index (χ2v) is 9.20. The van der Waals surface area contributed by atoms with Crippen LogP contribution in [0.1, 0.15) is 52.5 Å². The van der Waals surface area contributed by atoms with E-state index in [0.717, 1.165) is 0 Å². The summed E-state index contributed by atoms with van der Waals surface area (Å²) < 4.78 is 64.7. The maximum Gasteiger partial charge on any atom is 0.495 e. The Hall–Kier alpha value is -1.81. The minimum Gasteiger partial charge on any atom is -0.399 e. The first kappa shape index (κ1) is 23.8. The molecule has 0 spiro atoms. The number of halogens is 4. The van der Waals surface area contributed by atoms with Gasteiger partial charge in [0, 0.05) is 19.5 Å². The summed E-state index contributed by atoms with van der Waals surface area (Å²) in [4.78, 5) is 13.8. The number of anilines is 1. The predicted octanol–water partition coefficient (Wildman–Crippen LogP) is 4.63. The van der Waals surface area contributed by atoms with E-state index in [0.29, 0.717) is 17.4 Å². The highest BCUT2D eigenvalue weighted by Crippen LogP contribution is 2.39. The lowest BCUT2D eigenvalue weighted by Gasteiger charge is -2.35. The number of carbonyl (C=O) groups is 1. The minimum absolute atomic E-state index is 0.0103. The van der Waals surface area contributed by atoms with Gasteiger partial charge in [0.2, 0.25) is 0 Å². The van der Waals surface area contributed by atoms with Crippen molar-refractivity contribution in [2.45, 2.75) is 71.3 Å². The molecule has 10 heteroatoms. The number of nitrogens with zero attached hydrogens (tertiary/aromatic N) is 1. The second-order valence-electron chi connectivity index (χ2n) is 9.20. The van der Waals surface area contributed by atoms with Crippen LogP contribution in [0.15, 0.2) is 12.1 Å². The largest absolute Gasteiger partial charge is 0.495 e. The summed E-state index contributed by atoms with van der Waals surface area (Å²) in [5.41, 5.74) is 0.0475. The Morgan fingerprint density at radius 3 is 2.55 bits per heavy atom. The van der Waals surface area contributed by atoms with Gasteiger partial charge < -0.3 is 19.5 Å². The number of nitrogens with one attached hydrogen (secondary N) is 1. The molecule has 1 unspecified atom stereocenters. The van der Waals surface area contributed by atoms with Crippen LogP contribution in [-0.2, 0) is 9.31 Å². The molecule has 2 aliphatic rings. The maximum absolute atomic E-state index is 14.6. The van der Waals surface area contributed by atoms with Gasteiger partial charge in [-0.1, -0.05) is 6.92 Å². The van der Waals surface area contributed by atoms with Crippen LogP contribution in [0, 0.1) is 18.7 Å². The Morgan fingerprint density at radius 1 is 1.29 bits per heavy atom. The summed E-state index contributed by atoms with van der Waals surface area (Å²) in [5.74, 6) is -1.27. The Labute approximate surface area is 180 Å². The van der Waals surface area contributed by atoms with Gasteiger partial charge in [-0.3, -0.25) is 0 Å². The average molecular weight is 444 g/mol. The van der Waals surface area contributed by atoms with Crippen molar-refractivity contribution in [3.8, 4) is 0 Å². The zero-order valence-electron chi connectivity index (χ0n) is 18.5. The molecule has 0 aromatic heterocycles. The van der Waals surface area contributed by atoms with Crippen molar-refractivity contribution < 1.29 is 31.7 Å². The molecule has 1 aromatic rings.